The lowest BCUT2D eigenvalue weighted by molar-refractivity contribution is -0.137. The van der Waals surface area contributed by atoms with E-state index in [4.69, 9.17) is 9.84 Å². The van der Waals surface area contributed by atoms with E-state index in [0.29, 0.717) is 18.4 Å². The van der Waals surface area contributed by atoms with Gasteiger partial charge in [-0.25, -0.2) is 0 Å². The first kappa shape index (κ1) is 18.6. The number of rotatable bonds is 8. The highest BCUT2D eigenvalue weighted by atomic mass is 16.6. The predicted octanol–water partition coefficient (Wildman–Crippen LogP) is 2.94. The Hall–Kier alpha value is -1.72. The molecule has 0 spiro atoms. The largest absolute Gasteiger partial charge is 0.481 e. The molecule has 2 N–H and O–H groups in total. The number of ether oxygens (including phenoxy) is 1. The van der Waals surface area contributed by atoms with Crippen molar-refractivity contribution in [1.29, 1.82) is 0 Å². The Morgan fingerprint density at radius 3 is 2.58 bits per heavy atom. The van der Waals surface area contributed by atoms with Crippen LogP contribution in [0.15, 0.2) is 34.9 Å². The van der Waals surface area contributed by atoms with Gasteiger partial charge in [-0.1, -0.05) is 23.3 Å². The summed E-state index contributed by atoms with van der Waals surface area (Å²) in [6.45, 7) is 5.70. The van der Waals surface area contributed by atoms with Gasteiger partial charge in [-0.05, 0) is 51.7 Å². The molecule has 0 amide bonds. The van der Waals surface area contributed by atoms with Crippen LogP contribution in [-0.4, -0.2) is 39.8 Å². The number of carbonyl (C=O) groups excluding carboxylic acids is 1. The van der Waals surface area contributed by atoms with E-state index in [2.05, 4.69) is 6.08 Å². The van der Waals surface area contributed by atoms with Crippen molar-refractivity contribution < 1.29 is 24.5 Å². The maximum Gasteiger partial charge on any atom is 0.303 e. The third kappa shape index (κ3) is 4.22. The number of carboxylic acid groups (broad SMARTS) is 1. The maximum absolute atomic E-state index is 12.2. The monoisotopic (exact) mass is 334 g/mol. The normalized spacial score (nSPS) is 30.0. The second-order valence-corrected chi connectivity index (χ2v) is 6.86. The van der Waals surface area contributed by atoms with Crippen LogP contribution in [0.2, 0.25) is 0 Å². The van der Waals surface area contributed by atoms with Gasteiger partial charge in [0.2, 0.25) is 0 Å². The zero-order valence-corrected chi connectivity index (χ0v) is 14.5. The number of allylic oxidation sites excluding steroid dienone is 3. The van der Waals surface area contributed by atoms with E-state index in [1.165, 1.54) is 6.08 Å². The van der Waals surface area contributed by atoms with Crippen LogP contribution < -0.4 is 0 Å². The quantitative estimate of drug-likeness (QED) is 0.526. The molecule has 0 bridgehead atoms. The van der Waals surface area contributed by atoms with Gasteiger partial charge >= 0.3 is 5.97 Å². The van der Waals surface area contributed by atoms with E-state index in [-0.39, 0.29) is 12.2 Å². The summed E-state index contributed by atoms with van der Waals surface area (Å²) in [5, 5.41) is 18.7. The molecule has 0 saturated carbocycles. The van der Waals surface area contributed by atoms with E-state index in [1.807, 2.05) is 19.9 Å². The fraction of sp³-hybridized carbons (Fsp3) is 0.579. The average Bonchev–Trinajstić information content (AvgIpc) is 3.26. The van der Waals surface area contributed by atoms with Crippen LogP contribution in [0.25, 0.3) is 0 Å². The number of hydrogen-bond acceptors (Lipinski definition) is 4. The Kier molecular flexibility index (Phi) is 5.78. The second kappa shape index (κ2) is 7.45. The minimum Gasteiger partial charge on any atom is -0.481 e. The molecule has 1 heterocycles. The summed E-state index contributed by atoms with van der Waals surface area (Å²) in [5.41, 5.74) is 2.06. The van der Waals surface area contributed by atoms with Crippen molar-refractivity contribution in [2.45, 2.75) is 70.7 Å². The van der Waals surface area contributed by atoms with Gasteiger partial charge in [0, 0.05) is 12.8 Å². The van der Waals surface area contributed by atoms with Crippen LogP contribution in [0, 0.1) is 0 Å². The molecule has 1 saturated heterocycles. The number of ketones is 1. The molecular formula is C19H26O5. The van der Waals surface area contributed by atoms with Crippen LogP contribution in [0.1, 0.15) is 52.9 Å². The van der Waals surface area contributed by atoms with E-state index >= 15 is 0 Å². The standard InChI is InChI=1S/C19H26O5/c1-12(7-8-16(21)22)5-4-6-13(2)9-10-19-15(20)11-14(3)17(23)18(19)24-19/h5,9,11,17-18,23H,4,6-8,10H2,1-3H3,(H,21,22). The van der Waals surface area contributed by atoms with Gasteiger partial charge in [-0.15, -0.1) is 0 Å². The Balaban J connectivity index is 1.82. The molecule has 2 aliphatic rings. The molecule has 3 unspecified atom stereocenters. The Labute approximate surface area is 142 Å². The van der Waals surface area contributed by atoms with E-state index in [1.54, 1.807) is 6.92 Å². The zero-order chi connectivity index (χ0) is 17.9. The number of carbonyl (C=O) groups is 2. The van der Waals surface area contributed by atoms with Crippen molar-refractivity contribution in [3.8, 4) is 0 Å². The van der Waals surface area contributed by atoms with Gasteiger partial charge in [-0.3, -0.25) is 9.59 Å². The molecule has 0 aromatic carbocycles. The molecule has 0 aromatic rings. The fourth-order valence-corrected chi connectivity index (χ4v) is 3.01. The lowest BCUT2D eigenvalue weighted by Crippen LogP contribution is -2.36. The summed E-state index contributed by atoms with van der Waals surface area (Å²) in [7, 11) is 0. The van der Waals surface area contributed by atoms with Crippen molar-refractivity contribution in [3.63, 3.8) is 0 Å². The number of aliphatic carboxylic acids is 1. The highest BCUT2D eigenvalue weighted by Gasteiger charge is 2.65. The highest BCUT2D eigenvalue weighted by molar-refractivity contribution is 6.02. The van der Waals surface area contributed by atoms with E-state index in [9.17, 15) is 14.7 Å². The smallest absolute Gasteiger partial charge is 0.303 e. The number of epoxide rings is 1. The fourth-order valence-electron chi connectivity index (χ4n) is 3.01. The maximum atomic E-state index is 12.2. The molecule has 2 rings (SSSR count). The van der Waals surface area contributed by atoms with Crippen LogP contribution in [0.3, 0.4) is 0 Å². The summed E-state index contributed by atoms with van der Waals surface area (Å²) in [6.07, 6.45) is 7.42. The molecule has 24 heavy (non-hydrogen) atoms. The summed E-state index contributed by atoms with van der Waals surface area (Å²) >= 11 is 0. The summed E-state index contributed by atoms with van der Waals surface area (Å²) in [5.74, 6) is -0.829. The van der Waals surface area contributed by atoms with Crippen molar-refractivity contribution in [1.82, 2.24) is 0 Å². The molecule has 3 atom stereocenters. The Morgan fingerprint density at radius 1 is 1.25 bits per heavy atom. The number of aliphatic hydroxyl groups is 1. The van der Waals surface area contributed by atoms with Crippen LogP contribution in [-0.2, 0) is 14.3 Å². The Morgan fingerprint density at radius 2 is 1.92 bits per heavy atom. The lowest BCUT2D eigenvalue weighted by atomic mass is 9.84. The molecule has 0 aromatic heterocycles. The molecular weight excluding hydrogens is 308 g/mol. The molecule has 132 valence electrons. The van der Waals surface area contributed by atoms with Crippen molar-refractivity contribution in [2.24, 2.45) is 0 Å². The molecule has 1 aliphatic carbocycles. The molecule has 5 nitrogen and oxygen atoms in total. The number of hydrogen-bond donors (Lipinski definition) is 2. The molecule has 1 aliphatic heterocycles. The van der Waals surface area contributed by atoms with Gasteiger partial charge in [0.05, 0.1) is 0 Å². The first-order valence-electron chi connectivity index (χ1n) is 8.38. The summed E-state index contributed by atoms with van der Waals surface area (Å²) in [4.78, 5) is 22.7. The first-order chi connectivity index (χ1) is 11.3. The predicted molar refractivity (Wildman–Crippen MR) is 90.6 cm³/mol. The third-order valence-electron chi connectivity index (χ3n) is 4.79. The molecule has 0 radical (unpaired) electrons. The molecule has 5 heteroatoms. The first-order valence-corrected chi connectivity index (χ1v) is 8.38. The van der Waals surface area contributed by atoms with Crippen LogP contribution in [0.4, 0.5) is 0 Å². The van der Waals surface area contributed by atoms with Crippen molar-refractivity contribution >= 4 is 11.8 Å². The van der Waals surface area contributed by atoms with Crippen LogP contribution in [0.5, 0.6) is 0 Å². The third-order valence-corrected chi connectivity index (χ3v) is 4.79. The Bertz CT molecular complexity index is 613. The van der Waals surface area contributed by atoms with Gasteiger partial charge in [-0.2, -0.15) is 0 Å². The number of carboxylic acids is 1. The topological polar surface area (TPSA) is 87.1 Å². The van der Waals surface area contributed by atoms with E-state index < -0.39 is 23.8 Å². The number of fused-ring (bicyclic) bond motifs is 1. The minimum absolute atomic E-state index is 0.0521. The van der Waals surface area contributed by atoms with Gasteiger partial charge < -0.3 is 14.9 Å². The highest BCUT2D eigenvalue weighted by Crippen LogP contribution is 2.48. The molecule has 1 fully saturated rings. The van der Waals surface area contributed by atoms with E-state index in [0.717, 1.165) is 24.0 Å². The van der Waals surface area contributed by atoms with Crippen molar-refractivity contribution in [2.75, 3.05) is 0 Å². The summed E-state index contributed by atoms with van der Waals surface area (Å²) < 4.78 is 5.54. The van der Waals surface area contributed by atoms with Gasteiger partial charge in [0.1, 0.15) is 12.2 Å². The minimum atomic E-state index is -0.854. The van der Waals surface area contributed by atoms with Gasteiger partial charge in [0.15, 0.2) is 11.4 Å². The van der Waals surface area contributed by atoms with Crippen molar-refractivity contribution in [3.05, 3.63) is 34.9 Å². The lowest BCUT2D eigenvalue weighted by Gasteiger charge is -2.17. The van der Waals surface area contributed by atoms with Gasteiger partial charge in [0.25, 0.3) is 0 Å². The SMILES string of the molecule is CC(=CCC12OC1C(O)C(C)=CC2=O)CCC=C(C)CCC(=O)O. The summed E-state index contributed by atoms with van der Waals surface area (Å²) in [6, 6.07) is 0. The average molecular weight is 334 g/mol. The zero-order valence-electron chi connectivity index (χ0n) is 14.5. The second-order valence-electron chi connectivity index (χ2n) is 6.86. The number of aliphatic hydroxyl groups excluding tert-OH is 1. The van der Waals surface area contributed by atoms with Crippen LogP contribution >= 0.6 is 0 Å².